The second kappa shape index (κ2) is 7.83. The topological polar surface area (TPSA) is 12.0 Å². The molecule has 5 heteroatoms. The van der Waals surface area contributed by atoms with Crippen molar-refractivity contribution >= 4 is 35.1 Å². The molecule has 2 aromatic carbocycles. The maximum absolute atomic E-state index is 14.8. The molecule has 1 N–H and O–H groups in total. The SMILES string of the molecule is CC1(C)CC(CCNSCc2ccc(Cl)c(Cl)c2)c2cccc(F)c2C12CC2. The smallest absolute Gasteiger partial charge is 0.127 e. The first kappa shape index (κ1) is 20.5. The van der Waals surface area contributed by atoms with Crippen LogP contribution in [0.4, 0.5) is 4.39 Å². The van der Waals surface area contributed by atoms with Crippen LogP contribution in [-0.4, -0.2) is 6.54 Å². The minimum absolute atomic E-state index is 0.00488. The number of benzene rings is 2. The van der Waals surface area contributed by atoms with Gasteiger partial charge < -0.3 is 0 Å². The van der Waals surface area contributed by atoms with Crippen LogP contribution in [0.3, 0.4) is 0 Å². The highest BCUT2D eigenvalue weighted by Gasteiger charge is 2.60. The van der Waals surface area contributed by atoms with E-state index >= 15 is 0 Å². The number of nitrogens with one attached hydrogen (secondary N) is 1. The largest absolute Gasteiger partial charge is 0.264 e. The summed E-state index contributed by atoms with van der Waals surface area (Å²) in [4.78, 5) is 0. The maximum Gasteiger partial charge on any atom is 0.127 e. The summed E-state index contributed by atoms with van der Waals surface area (Å²) >= 11 is 13.7. The molecule has 2 aromatic rings. The second-order valence-electron chi connectivity index (χ2n) is 8.79. The number of halogens is 3. The molecule has 0 aliphatic heterocycles. The number of rotatable bonds is 6. The van der Waals surface area contributed by atoms with Crippen LogP contribution < -0.4 is 4.72 Å². The Morgan fingerprint density at radius 3 is 2.64 bits per heavy atom. The average molecular weight is 438 g/mol. The third-order valence-corrected chi connectivity index (χ3v) is 8.31. The molecule has 0 heterocycles. The third-order valence-electron chi connectivity index (χ3n) is 6.69. The molecular weight excluding hydrogens is 412 g/mol. The molecular formula is C23H26Cl2FNS. The van der Waals surface area contributed by atoms with Gasteiger partial charge in [-0.25, -0.2) is 4.39 Å². The third kappa shape index (κ3) is 3.71. The van der Waals surface area contributed by atoms with Crippen molar-refractivity contribution < 1.29 is 4.39 Å². The molecule has 1 unspecified atom stereocenters. The molecule has 1 spiro atoms. The molecule has 150 valence electrons. The molecule has 2 aliphatic carbocycles. The van der Waals surface area contributed by atoms with Gasteiger partial charge in [-0.15, -0.1) is 0 Å². The second-order valence-corrected chi connectivity index (χ2v) is 10.5. The van der Waals surface area contributed by atoms with Crippen LogP contribution in [0.1, 0.15) is 62.1 Å². The summed E-state index contributed by atoms with van der Waals surface area (Å²) in [7, 11) is 0. The van der Waals surface area contributed by atoms with Gasteiger partial charge in [0.2, 0.25) is 0 Å². The number of fused-ring (bicyclic) bond motifs is 2. The van der Waals surface area contributed by atoms with Gasteiger partial charge in [-0.1, -0.05) is 67.2 Å². The molecule has 2 aliphatic rings. The highest BCUT2D eigenvalue weighted by Crippen LogP contribution is 2.67. The highest BCUT2D eigenvalue weighted by atomic mass is 35.5. The minimum Gasteiger partial charge on any atom is -0.264 e. The van der Waals surface area contributed by atoms with Gasteiger partial charge in [-0.05, 0) is 71.9 Å². The predicted octanol–water partition coefficient (Wildman–Crippen LogP) is 7.51. The van der Waals surface area contributed by atoms with Crippen molar-refractivity contribution in [2.24, 2.45) is 5.41 Å². The first-order valence-electron chi connectivity index (χ1n) is 9.91. The van der Waals surface area contributed by atoms with Crippen LogP contribution in [0.25, 0.3) is 0 Å². The number of hydrogen-bond donors (Lipinski definition) is 1. The van der Waals surface area contributed by atoms with E-state index in [0.717, 1.165) is 49.1 Å². The van der Waals surface area contributed by atoms with E-state index in [9.17, 15) is 4.39 Å². The average Bonchev–Trinajstić information content (AvgIpc) is 3.44. The van der Waals surface area contributed by atoms with Gasteiger partial charge in [-0.2, -0.15) is 0 Å². The van der Waals surface area contributed by atoms with Crippen LogP contribution in [0.5, 0.6) is 0 Å². The van der Waals surface area contributed by atoms with Crippen molar-refractivity contribution in [3.05, 3.63) is 69.0 Å². The fourth-order valence-electron chi connectivity index (χ4n) is 5.02. The highest BCUT2D eigenvalue weighted by molar-refractivity contribution is 7.96. The molecule has 0 amide bonds. The summed E-state index contributed by atoms with van der Waals surface area (Å²) in [5.74, 6) is 1.24. The summed E-state index contributed by atoms with van der Waals surface area (Å²) in [5.41, 5.74) is 3.63. The lowest BCUT2D eigenvalue weighted by Crippen LogP contribution is -2.38. The zero-order chi connectivity index (χ0) is 19.9. The van der Waals surface area contributed by atoms with E-state index in [1.54, 1.807) is 18.0 Å². The van der Waals surface area contributed by atoms with Crippen molar-refractivity contribution in [3.63, 3.8) is 0 Å². The molecule has 4 rings (SSSR count). The van der Waals surface area contributed by atoms with Crippen molar-refractivity contribution in [1.82, 2.24) is 4.72 Å². The minimum atomic E-state index is -0.00488. The van der Waals surface area contributed by atoms with Gasteiger partial charge in [0.1, 0.15) is 5.82 Å². The zero-order valence-electron chi connectivity index (χ0n) is 16.3. The lowest BCUT2D eigenvalue weighted by Gasteiger charge is -2.45. The molecule has 1 nitrogen and oxygen atoms in total. The molecule has 28 heavy (non-hydrogen) atoms. The van der Waals surface area contributed by atoms with Crippen molar-refractivity contribution in [3.8, 4) is 0 Å². The summed E-state index contributed by atoms with van der Waals surface area (Å²) in [5, 5.41) is 1.18. The summed E-state index contributed by atoms with van der Waals surface area (Å²) in [6.45, 7) is 5.55. The molecule has 0 aromatic heterocycles. The normalized spacial score (nSPS) is 21.5. The summed E-state index contributed by atoms with van der Waals surface area (Å²) < 4.78 is 18.2. The standard InChI is InChI=1S/C23H26Cl2FNS/c1-22(2)13-16(17-4-3-5-20(26)21(17)23(22)9-10-23)8-11-27-28-14-15-6-7-18(24)19(25)12-15/h3-7,12,16,27H,8-11,13-14H2,1-2H3. The Bertz CT molecular complexity index is 879. The lowest BCUT2D eigenvalue weighted by molar-refractivity contribution is 0.191. The quantitative estimate of drug-likeness (QED) is 0.370. The van der Waals surface area contributed by atoms with E-state index in [4.69, 9.17) is 23.2 Å². The summed E-state index contributed by atoms with van der Waals surface area (Å²) in [6.07, 6.45) is 4.39. The monoisotopic (exact) mass is 437 g/mol. The Morgan fingerprint density at radius 2 is 1.93 bits per heavy atom. The molecule has 1 saturated carbocycles. The van der Waals surface area contributed by atoms with Crippen molar-refractivity contribution in [2.45, 2.75) is 56.6 Å². The predicted molar refractivity (Wildman–Crippen MR) is 119 cm³/mol. The van der Waals surface area contributed by atoms with E-state index in [2.05, 4.69) is 24.6 Å². The molecule has 0 bridgehead atoms. The van der Waals surface area contributed by atoms with Crippen LogP contribution in [0.2, 0.25) is 10.0 Å². The zero-order valence-corrected chi connectivity index (χ0v) is 18.7. The Hall–Kier alpha value is -0.740. The maximum atomic E-state index is 14.8. The first-order valence-corrected chi connectivity index (χ1v) is 11.7. The van der Waals surface area contributed by atoms with Gasteiger partial charge in [0.25, 0.3) is 0 Å². The van der Waals surface area contributed by atoms with E-state index in [0.29, 0.717) is 16.0 Å². The van der Waals surface area contributed by atoms with Crippen LogP contribution in [0.15, 0.2) is 36.4 Å². The van der Waals surface area contributed by atoms with Gasteiger partial charge in [0.15, 0.2) is 0 Å². The van der Waals surface area contributed by atoms with Gasteiger partial charge >= 0.3 is 0 Å². The molecule has 1 atom stereocenters. The molecule has 0 radical (unpaired) electrons. The van der Waals surface area contributed by atoms with Crippen LogP contribution >= 0.6 is 35.1 Å². The van der Waals surface area contributed by atoms with E-state index in [-0.39, 0.29) is 16.6 Å². The van der Waals surface area contributed by atoms with E-state index in [1.165, 1.54) is 5.56 Å². The number of hydrogen-bond acceptors (Lipinski definition) is 2. The molecule has 0 saturated heterocycles. The molecule has 1 fully saturated rings. The van der Waals surface area contributed by atoms with Crippen molar-refractivity contribution in [2.75, 3.05) is 6.54 Å². The fourth-order valence-corrected chi connectivity index (χ4v) is 6.06. The lowest BCUT2D eigenvalue weighted by atomic mass is 9.59. The van der Waals surface area contributed by atoms with E-state index in [1.807, 2.05) is 24.3 Å². The van der Waals surface area contributed by atoms with Crippen molar-refractivity contribution in [1.29, 1.82) is 0 Å². The van der Waals surface area contributed by atoms with E-state index < -0.39 is 0 Å². The van der Waals surface area contributed by atoms with Crippen LogP contribution in [-0.2, 0) is 11.2 Å². The Morgan fingerprint density at radius 1 is 1.14 bits per heavy atom. The fraction of sp³-hybridized carbons (Fsp3) is 0.478. The summed E-state index contributed by atoms with van der Waals surface area (Å²) in [6, 6.07) is 11.4. The van der Waals surface area contributed by atoms with Gasteiger partial charge in [0, 0.05) is 17.7 Å². The Labute approximate surface area is 181 Å². The Balaban J connectivity index is 1.37. The van der Waals surface area contributed by atoms with Crippen LogP contribution in [0, 0.1) is 11.2 Å². The van der Waals surface area contributed by atoms with Gasteiger partial charge in [0.05, 0.1) is 10.0 Å². The Kier molecular flexibility index (Phi) is 5.74. The van der Waals surface area contributed by atoms with Gasteiger partial charge in [-0.3, -0.25) is 4.72 Å². The first-order chi connectivity index (χ1) is 13.3.